The van der Waals surface area contributed by atoms with Crippen LogP contribution in [0.15, 0.2) is 41.5 Å². The van der Waals surface area contributed by atoms with Crippen LogP contribution >= 0.6 is 24.0 Å². The van der Waals surface area contributed by atoms with Crippen LogP contribution in [-0.2, 0) is 12.0 Å². The predicted molar refractivity (Wildman–Crippen MR) is 121 cm³/mol. The molecule has 1 aromatic heterocycles. The lowest BCUT2D eigenvalue weighted by Gasteiger charge is -2.19. The molecule has 0 spiro atoms. The van der Waals surface area contributed by atoms with Crippen LogP contribution in [0.25, 0.3) is 0 Å². The number of nitrogens with zero attached hydrogens (tertiary/aromatic N) is 2. The van der Waals surface area contributed by atoms with E-state index < -0.39 is 0 Å². The highest BCUT2D eigenvalue weighted by Gasteiger charge is 2.43. The van der Waals surface area contributed by atoms with E-state index in [2.05, 4.69) is 50.9 Å². The molecular weight excluding hydrogens is 451 g/mol. The van der Waals surface area contributed by atoms with Gasteiger partial charge in [-0.05, 0) is 32.3 Å². The minimum atomic E-state index is 0. The Morgan fingerprint density at radius 2 is 1.89 bits per heavy atom. The maximum atomic E-state index is 5.49. The monoisotopic (exact) mass is 480 g/mol. The zero-order valence-corrected chi connectivity index (χ0v) is 18.8. The van der Waals surface area contributed by atoms with E-state index in [1.807, 2.05) is 20.0 Å². The zero-order valence-electron chi connectivity index (χ0n) is 16.5. The van der Waals surface area contributed by atoms with E-state index in [1.165, 1.54) is 18.4 Å². The number of hydrogen-bond donors (Lipinski definition) is 2. The van der Waals surface area contributed by atoms with Crippen molar-refractivity contribution in [3.05, 3.63) is 58.9 Å². The van der Waals surface area contributed by atoms with Crippen molar-refractivity contribution in [3.63, 3.8) is 0 Å². The molecular formula is C21H29IN4O. The number of aromatic nitrogens is 1. The van der Waals surface area contributed by atoms with Crippen LogP contribution in [0.4, 0.5) is 0 Å². The smallest absolute Gasteiger partial charge is 0.191 e. The molecule has 1 aliphatic rings. The second-order valence-corrected chi connectivity index (χ2v) is 6.97. The number of aryl methyl sites for hydroxylation is 1. The first-order valence-corrected chi connectivity index (χ1v) is 9.09. The van der Waals surface area contributed by atoms with E-state index in [-0.39, 0.29) is 29.4 Å². The fourth-order valence-electron chi connectivity index (χ4n) is 3.40. The third-order valence-electron chi connectivity index (χ3n) is 5.23. The summed E-state index contributed by atoms with van der Waals surface area (Å²) in [6.45, 7) is 5.55. The van der Waals surface area contributed by atoms with Gasteiger partial charge in [-0.2, -0.15) is 0 Å². The van der Waals surface area contributed by atoms with Crippen molar-refractivity contribution in [2.75, 3.05) is 20.7 Å². The van der Waals surface area contributed by atoms with Gasteiger partial charge in [0, 0.05) is 36.3 Å². The summed E-state index contributed by atoms with van der Waals surface area (Å²) in [4.78, 5) is 8.89. The van der Waals surface area contributed by atoms with Gasteiger partial charge in [-0.1, -0.05) is 30.3 Å². The molecule has 2 N–H and O–H groups in total. The molecule has 0 aliphatic heterocycles. The van der Waals surface area contributed by atoms with E-state index in [0.29, 0.717) is 6.54 Å². The van der Waals surface area contributed by atoms with Crippen LogP contribution < -0.4 is 15.4 Å². The zero-order chi connectivity index (χ0) is 18.6. The molecule has 0 amide bonds. The maximum absolute atomic E-state index is 5.49. The molecule has 27 heavy (non-hydrogen) atoms. The lowest BCUT2D eigenvalue weighted by atomic mass is 9.96. The van der Waals surface area contributed by atoms with Crippen molar-refractivity contribution in [2.45, 2.75) is 38.6 Å². The van der Waals surface area contributed by atoms with E-state index >= 15 is 0 Å². The summed E-state index contributed by atoms with van der Waals surface area (Å²) in [7, 11) is 3.50. The summed E-state index contributed by atoms with van der Waals surface area (Å²) >= 11 is 0. The number of nitrogens with one attached hydrogen (secondary N) is 2. The van der Waals surface area contributed by atoms with E-state index in [4.69, 9.17) is 4.74 Å². The van der Waals surface area contributed by atoms with E-state index in [0.717, 1.165) is 35.1 Å². The molecule has 1 aromatic carbocycles. The van der Waals surface area contributed by atoms with Gasteiger partial charge in [0.1, 0.15) is 5.75 Å². The van der Waals surface area contributed by atoms with Crippen LogP contribution in [0.2, 0.25) is 0 Å². The Morgan fingerprint density at radius 1 is 1.19 bits per heavy atom. The first kappa shape index (κ1) is 21.5. The molecule has 0 saturated heterocycles. The minimum Gasteiger partial charge on any atom is -0.496 e. The van der Waals surface area contributed by atoms with Gasteiger partial charge in [-0.15, -0.1) is 24.0 Å². The minimum absolute atomic E-state index is 0. The molecule has 5 nitrogen and oxygen atoms in total. The number of methoxy groups -OCH3 is 1. The molecule has 1 saturated carbocycles. The lowest BCUT2D eigenvalue weighted by molar-refractivity contribution is 0.406. The summed E-state index contributed by atoms with van der Waals surface area (Å²) in [5.74, 6) is 1.70. The third kappa shape index (κ3) is 4.91. The summed E-state index contributed by atoms with van der Waals surface area (Å²) in [5, 5.41) is 6.85. The maximum Gasteiger partial charge on any atom is 0.191 e. The summed E-state index contributed by atoms with van der Waals surface area (Å²) < 4.78 is 5.49. The topological polar surface area (TPSA) is 58.5 Å². The average Bonchev–Trinajstić information content (AvgIpc) is 3.46. The number of pyridine rings is 1. The standard InChI is InChI=1S/C21H28N4O.HI/c1-15-12-23-18(16(2)19(15)26-4)13-24-20(22-3)25-14-21(10-11-21)17-8-6-5-7-9-17;/h5-9,12H,10-11,13-14H2,1-4H3,(H2,22,24,25);1H. The van der Waals surface area contributed by atoms with Crippen LogP contribution in [0.5, 0.6) is 5.75 Å². The Labute approximate surface area is 179 Å². The highest BCUT2D eigenvalue weighted by atomic mass is 127. The first-order chi connectivity index (χ1) is 12.6. The second kappa shape index (κ2) is 9.39. The van der Waals surface area contributed by atoms with Gasteiger partial charge in [-0.3, -0.25) is 9.98 Å². The van der Waals surface area contributed by atoms with Crippen molar-refractivity contribution < 1.29 is 4.74 Å². The number of ether oxygens (including phenoxy) is 1. The molecule has 0 bridgehead atoms. The average molecular weight is 480 g/mol. The molecule has 1 heterocycles. The highest BCUT2D eigenvalue weighted by Crippen LogP contribution is 2.47. The van der Waals surface area contributed by atoms with Crippen LogP contribution in [0.1, 0.15) is 35.2 Å². The van der Waals surface area contributed by atoms with Crippen molar-refractivity contribution in [3.8, 4) is 5.75 Å². The summed E-state index contributed by atoms with van der Waals surface area (Å²) in [6, 6.07) is 10.7. The molecule has 6 heteroatoms. The van der Waals surface area contributed by atoms with Crippen LogP contribution in [-0.4, -0.2) is 31.6 Å². The van der Waals surface area contributed by atoms with Gasteiger partial charge < -0.3 is 15.4 Å². The predicted octanol–water partition coefficient (Wildman–Crippen LogP) is 3.72. The van der Waals surface area contributed by atoms with Crippen molar-refractivity contribution in [2.24, 2.45) is 4.99 Å². The Hall–Kier alpha value is -1.83. The molecule has 1 fully saturated rings. The number of hydrogen-bond acceptors (Lipinski definition) is 3. The van der Waals surface area contributed by atoms with Crippen molar-refractivity contribution in [1.82, 2.24) is 15.6 Å². The fourth-order valence-corrected chi connectivity index (χ4v) is 3.40. The van der Waals surface area contributed by atoms with E-state index in [1.54, 1.807) is 14.2 Å². The quantitative estimate of drug-likeness (QED) is 0.376. The Balaban J connectivity index is 0.00000261. The Kier molecular flexibility index (Phi) is 7.47. The van der Waals surface area contributed by atoms with Gasteiger partial charge in [-0.25, -0.2) is 0 Å². The number of benzene rings is 1. The number of halogens is 1. The molecule has 0 radical (unpaired) electrons. The Bertz CT molecular complexity index is 788. The van der Waals surface area contributed by atoms with Gasteiger partial charge in [0.05, 0.1) is 19.3 Å². The number of aliphatic imine (C=N–C) groups is 1. The molecule has 1 aliphatic carbocycles. The van der Waals surface area contributed by atoms with Gasteiger partial charge in [0.25, 0.3) is 0 Å². The first-order valence-electron chi connectivity index (χ1n) is 9.09. The molecule has 2 aromatic rings. The van der Waals surface area contributed by atoms with Crippen LogP contribution in [0, 0.1) is 13.8 Å². The van der Waals surface area contributed by atoms with Gasteiger partial charge in [0.2, 0.25) is 0 Å². The lowest BCUT2D eigenvalue weighted by Crippen LogP contribution is -2.41. The largest absolute Gasteiger partial charge is 0.496 e. The van der Waals surface area contributed by atoms with Crippen molar-refractivity contribution in [1.29, 1.82) is 0 Å². The molecule has 0 unspecified atom stereocenters. The van der Waals surface area contributed by atoms with Gasteiger partial charge >= 0.3 is 0 Å². The van der Waals surface area contributed by atoms with Crippen molar-refractivity contribution >= 4 is 29.9 Å². The summed E-state index contributed by atoms with van der Waals surface area (Å²) in [5.41, 5.74) is 4.75. The molecule has 3 rings (SSSR count). The third-order valence-corrected chi connectivity index (χ3v) is 5.23. The van der Waals surface area contributed by atoms with Gasteiger partial charge in [0.15, 0.2) is 5.96 Å². The molecule has 0 atom stereocenters. The second-order valence-electron chi connectivity index (χ2n) is 6.97. The van der Waals surface area contributed by atoms with Crippen LogP contribution in [0.3, 0.4) is 0 Å². The van der Waals surface area contributed by atoms with E-state index in [9.17, 15) is 0 Å². The normalized spacial score (nSPS) is 14.9. The highest BCUT2D eigenvalue weighted by molar-refractivity contribution is 14.0. The number of rotatable bonds is 6. The molecule has 146 valence electrons. The SMILES string of the molecule is CN=C(NCc1ncc(C)c(OC)c1C)NCC1(c2ccccc2)CC1.I. The number of guanidine groups is 1. The Morgan fingerprint density at radius 3 is 2.48 bits per heavy atom. The fraction of sp³-hybridized carbons (Fsp3) is 0.429. The summed E-state index contributed by atoms with van der Waals surface area (Å²) in [6.07, 6.45) is 4.29.